The van der Waals surface area contributed by atoms with Crippen molar-refractivity contribution in [3.05, 3.63) is 42.5 Å². The van der Waals surface area contributed by atoms with Crippen molar-refractivity contribution in [3.63, 3.8) is 0 Å². The lowest BCUT2D eigenvalue weighted by Gasteiger charge is -2.26. The third-order valence-corrected chi connectivity index (χ3v) is 7.84. The Bertz CT molecular complexity index is 1090. The lowest BCUT2D eigenvalue weighted by molar-refractivity contribution is 0.0730. The van der Waals surface area contributed by atoms with Gasteiger partial charge in [0, 0.05) is 19.2 Å². The van der Waals surface area contributed by atoms with Gasteiger partial charge in [0.05, 0.1) is 41.9 Å². The van der Waals surface area contributed by atoms with Crippen LogP contribution < -0.4 is 14.2 Å². The first-order chi connectivity index (χ1) is 14.8. The van der Waals surface area contributed by atoms with Crippen molar-refractivity contribution in [1.82, 2.24) is 4.31 Å². The van der Waals surface area contributed by atoms with Gasteiger partial charge in [-0.05, 0) is 50.2 Å². The van der Waals surface area contributed by atoms with E-state index in [1.54, 1.807) is 25.1 Å². The molecule has 0 aliphatic carbocycles. The zero-order valence-electron chi connectivity index (χ0n) is 17.4. The summed E-state index contributed by atoms with van der Waals surface area (Å²) in [7, 11) is -7.69. The molecule has 0 saturated carbocycles. The van der Waals surface area contributed by atoms with E-state index in [0.29, 0.717) is 37.9 Å². The molecule has 11 heteroatoms. The molecule has 0 unspecified atom stereocenters. The molecular formula is C20H26N2O7S2. The number of nitrogens with one attached hydrogen (secondary N) is 1. The molecule has 1 aliphatic rings. The highest BCUT2D eigenvalue weighted by molar-refractivity contribution is 7.92. The van der Waals surface area contributed by atoms with Crippen LogP contribution in [-0.4, -0.2) is 60.7 Å². The standard InChI is InChI=1S/C20H26N2O7S2/c1-3-28-16-5-10-20(29-4-2)19(15-16)21-30(23,24)17-6-8-18(9-7-17)31(25,26)22-11-13-27-14-12-22/h5-10,15,21H,3-4,11-14H2,1-2H3. The molecule has 1 saturated heterocycles. The quantitative estimate of drug-likeness (QED) is 0.599. The number of sulfonamides is 2. The number of nitrogens with zero attached hydrogens (tertiary/aromatic N) is 1. The Hall–Kier alpha value is -2.34. The van der Waals surface area contributed by atoms with Gasteiger partial charge in [-0.2, -0.15) is 4.31 Å². The minimum absolute atomic E-state index is 0.0294. The molecule has 1 N–H and O–H groups in total. The van der Waals surface area contributed by atoms with Crippen molar-refractivity contribution < 1.29 is 31.0 Å². The van der Waals surface area contributed by atoms with Gasteiger partial charge in [-0.15, -0.1) is 0 Å². The molecule has 2 aromatic carbocycles. The van der Waals surface area contributed by atoms with Gasteiger partial charge in [0.2, 0.25) is 10.0 Å². The number of morpholine rings is 1. The summed E-state index contributed by atoms with van der Waals surface area (Å²) < 4.78 is 71.2. The topological polar surface area (TPSA) is 111 Å². The Labute approximate surface area is 183 Å². The summed E-state index contributed by atoms with van der Waals surface area (Å²) in [5, 5.41) is 0. The van der Waals surface area contributed by atoms with Crippen LogP contribution in [0, 0.1) is 0 Å². The maximum atomic E-state index is 12.9. The van der Waals surface area contributed by atoms with Crippen LogP contribution in [0.1, 0.15) is 13.8 Å². The summed E-state index contributed by atoms with van der Waals surface area (Å²) in [6, 6.07) is 9.98. The van der Waals surface area contributed by atoms with E-state index in [0.717, 1.165) is 0 Å². The van der Waals surface area contributed by atoms with Crippen molar-refractivity contribution in [2.24, 2.45) is 0 Å². The Balaban J connectivity index is 1.85. The van der Waals surface area contributed by atoms with Crippen molar-refractivity contribution in [3.8, 4) is 11.5 Å². The third kappa shape index (κ3) is 5.48. The van der Waals surface area contributed by atoms with Gasteiger partial charge in [0.25, 0.3) is 10.0 Å². The number of rotatable bonds is 9. The Morgan fingerprint density at radius 2 is 1.52 bits per heavy atom. The highest BCUT2D eigenvalue weighted by Crippen LogP contribution is 2.31. The van der Waals surface area contributed by atoms with Crippen LogP contribution >= 0.6 is 0 Å². The summed E-state index contributed by atoms with van der Waals surface area (Å²) in [6.07, 6.45) is 0. The predicted octanol–water partition coefficient (Wildman–Crippen LogP) is 2.31. The first-order valence-electron chi connectivity index (χ1n) is 9.88. The minimum Gasteiger partial charge on any atom is -0.494 e. The van der Waals surface area contributed by atoms with Crippen LogP contribution in [0.25, 0.3) is 0 Å². The fourth-order valence-electron chi connectivity index (χ4n) is 3.06. The summed E-state index contributed by atoms with van der Waals surface area (Å²) in [4.78, 5) is -0.0422. The van der Waals surface area contributed by atoms with E-state index in [2.05, 4.69) is 4.72 Å². The van der Waals surface area contributed by atoms with Crippen LogP contribution in [0.3, 0.4) is 0 Å². The molecule has 0 amide bonds. The maximum absolute atomic E-state index is 12.9. The minimum atomic E-state index is -3.99. The predicted molar refractivity (Wildman–Crippen MR) is 116 cm³/mol. The summed E-state index contributed by atoms with van der Waals surface area (Å²) in [6.45, 7) is 5.60. The first-order valence-corrected chi connectivity index (χ1v) is 12.8. The summed E-state index contributed by atoms with van der Waals surface area (Å²) in [5.41, 5.74) is 0.234. The maximum Gasteiger partial charge on any atom is 0.262 e. The van der Waals surface area contributed by atoms with Crippen molar-refractivity contribution in [2.45, 2.75) is 23.6 Å². The third-order valence-electron chi connectivity index (χ3n) is 4.55. The number of benzene rings is 2. The van der Waals surface area contributed by atoms with Crippen LogP contribution in [0.2, 0.25) is 0 Å². The molecule has 0 atom stereocenters. The molecule has 0 bridgehead atoms. The van der Waals surface area contributed by atoms with Crippen LogP contribution in [0.15, 0.2) is 52.3 Å². The highest BCUT2D eigenvalue weighted by Gasteiger charge is 2.27. The van der Waals surface area contributed by atoms with Gasteiger partial charge in [-0.1, -0.05) is 0 Å². The monoisotopic (exact) mass is 470 g/mol. The zero-order chi connectivity index (χ0) is 22.5. The van der Waals surface area contributed by atoms with E-state index in [-0.39, 0.29) is 28.6 Å². The van der Waals surface area contributed by atoms with Crippen molar-refractivity contribution in [2.75, 3.05) is 44.2 Å². The molecule has 2 aromatic rings. The fourth-order valence-corrected chi connectivity index (χ4v) is 5.53. The Morgan fingerprint density at radius 1 is 0.903 bits per heavy atom. The molecule has 0 radical (unpaired) electrons. The molecule has 0 spiro atoms. The van der Waals surface area contributed by atoms with E-state index >= 15 is 0 Å². The molecule has 1 fully saturated rings. The molecule has 3 rings (SSSR count). The van der Waals surface area contributed by atoms with Gasteiger partial charge in [0.1, 0.15) is 11.5 Å². The molecular weight excluding hydrogens is 444 g/mol. The molecule has 0 aromatic heterocycles. The largest absolute Gasteiger partial charge is 0.494 e. The van der Waals surface area contributed by atoms with Gasteiger partial charge >= 0.3 is 0 Å². The van der Waals surface area contributed by atoms with Crippen LogP contribution in [0.4, 0.5) is 5.69 Å². The van der Waals surface area contributed by atoms with Gasteiger partial charge < -0.3 is 14.2 Å². The zero-order valence-corrected chi connectivity index (χ0v) is 19.0. The van der Waals surface area contributed by atoms with Crippen LogP contribution in [-0.2, 0) is 24.8 Å². The Morgan fingerprint density at radius 3 is 2.13 bits per heavy atom. The molecule has 170 valence electrons. The van der Waals surface area contributed by atoms with Crippen LogP contribution in [0.5, 0.6) is 11.5 Å². The van der Waals surface area contributed by atoms with Gasteiger partial charge in [-0.25, -0.2) is 16.8 Å². The smallest absolute Gasteiger partial charge is 0.262 e. The first kappa shape index (κ1) is 23.3. The molecule has 1 aliphatic heterocycles. The summed E-state index contributed by atoms with van der Waals surface area (Å²) >= 11 is 0. The lowest BCUT2D eigenvalue weighted by Crippen LogP contribution is -2.40. The fraction of sp³-hybridized carbons (Fsp3) is 0.400. The van der Waals surface area contributed by atoms with E-state index in [1.165, 1.54) is 28.6 Å². The van der Waals surface area contributed by atoms with Gasteiger partial charge in [-0.3, -0.25) is 4.72 Å². The average molecular weight is 471 g/mol. The summed E-state index contributed by atoms with van der Waals surface area (Å²) in [5.74, 6) is 0.858. The van der Waals surface area contributed by atoms with Crippen molar-refractivity contribution in [1.29, 1.82) is 0 Å². The van der Waals surface area contributed by atoms with E-state index in [1.807, 2.05) is 6.92 Å². The van der Waals surface area contributed by atoms with E-state index in [4.69, 9.17) is 14.2 Å². The normalized spacial score (nSPS) is 15.4. The second-order valence-electron chi connectivity index (χ2n) is 6.62. The molecule has 9 nitrogen and oxygen atoms in total. The SMILES string of the molecule is CCOc1ccc(OCC)c(NS(=O)(=O)c2ccc(S(=O)(=O)N3CCOCC3)cc2)c1. The second kappa shape index (κ2) is 9.86. The van der Waals surface area contributed by atoms with Crippen molar-refractivity contribution >= 4 is 25.7 Å². The lowest BCUT2D eigenvalue weighted by atomic mass is 10.3. The number of hydrogen-bond donors (Lipinski definition) is 1. The second-order valence-corrected chi connectivity index (χ2v) is 10.2. The van der Waals surface area contributed by atoms with Gasteiger partial charge in [0.15, 0.2) is 0 Å². The number of hydrogen-bond acceptors (Lipinski definition) is 7. The Kier molecular flexibility index (Phi) is 7.42. The molecule has 1 heterocycles. The number of ether oxygens (including phenoxy) is 3. The molecule has 31 heavy (non-hydrogen) atoms. The average Bonchev–Trinajstić information content (AvgIpc) is 2.76. The van der Waals surface area contributed by atoms with E-state index in [9.17, 15) is 16.8 Å². The van der Waals surface area contributed by atoms with E-state index < -0.39 is 20.0 Å². The number of anilines is 1. The highest BCUT2D eigenvalue weighted by atomic mass is 32.2.